The first-order valence-electron chi connectivity index (χ1n) is 5.75. The van der Waals surface area contributed by atoms with Crippen LogP contribution in [0.4, 0.5) is 0 Å². The second-order valence-electron chi connectivity index (χ2n) is 4.12. The molecule has 0 aliphatic carbocycles. The van der Waals surface area contributed by atoms with Crippen LogP contribution in [-0.2, 0) is 0 Å². The first-order valence-corrected chi connectivity index (χ1v) is 6.83. The van der Waals surface area contributed by atoms with Crippen LogP contribution < -0.4 is 5.32 Å². The van der Waals surface area contributed by atoms with Crippen LogP contribution in [0.5, 0.6) is 0 Å². The van der Waals surface area contributed by atoms with E-state index in [0.717, 1.165) is 28.6 Å². The van der Waals surface area contributed by atoms with Crippen molar-refractivity contribution in [2.24, 2.45) is 0 Å². The third kappa shape index (κ3) is 5.61. The van der Waals surface area contributed by atoms with Crippen molar-refractivity contribution >= 4 is 28.4 Å². The number of rotatable bonds is 7. The third-order valence-corrected chi connectivity index (χ3v) is 3.27. The minimum absolute atomic E-state index is 0.188. The minimum Gasteiger partial charge on any atom is -0.320 e. The molecule has 0 saturated carbocycles. The number of nitrogens with one attached hydrogen (secondary N) is 1. The van der Waals surface area contributed by atoms with E-state index in [1.54, 1.807) is 0 Å². The van der Waals surface area contributed by atoms with Crippen LogP contribution in [0.2, 0.25) is 0 Å². The van der Waals surface area contributed by atoms with Gasteiger partial charge in [0.05, 0.1) is 6.54 Å². The normalized spacial score (nSPS) is 10.8. The molecule has 0 heterocycles. The van der Waals surface area contributed by atoms with Gasteiger partial charge in [-0.05, 0) is 68.3 Å². The van der Waals surface area contributed by atoms with E-state index in [-0.39, 0.29) is 5.78 Å². The van der Waals surface area contributed by atoms with Crippen LogP contribution in [0, 0.1) is 3.57 Å². The molecule has 0 unspecified atom stereocenters. The smallest absolute Gasteiger partial charge is 0.176 e. The second kappa shape index (κ2) is 7.79. The van der Waals surface area contributed by atoms with Gasteiger partial charge in [0.2, 0.25) is 0 Å². The first kappa shape index (κ1) is 14.6. The summed E-state index contributed by atoms with van der Waals surface area (Å²) in [6, 6.07) is 7.72. The number of ketones is 1. The molecule has 0 amide bonds. The Hall–Kier alpha value is -0.460. The molecule has 0 saturated heterocycles. The molecule has 94 valence electrons. The van der Waals surface area contributed by atoms with E-state index in [1.807, 2.05) is 38.4 Å². The fraction of sp³-hybridized carbons (Fsp3) is 0.462. The molecule has 17 heavy (non-hydrogen) atoms. The van der Waals surface area contributed by atoms with Gasteiger partial charge in [-0.2, -0.15) is 0 Å². The lowest BCUT2D eigenvalue weighted by Gasteiger charge is -2.15. The summed E-state index contributed by atoms with van der Waals surface area (Å²) < 4.78 is 1.15. The number of nitrogens with zero attached hydrogens (tertiary/aromatic N) is 1. The zero-order valence-electron chi connectivity index (χ0n) is 10.4. The van der Waals surface area contributed by atoms with Gasteiger partial charge in [0.15, 0.2) is 5.78 Å². The largest absolute Gasteiger partial charge is 0.320 e. The highest BCUT2D eigenvalue weighted by molar-refractivity contribution is 14.1. The van der Waals surface area contributed by atoms with Gasteiger partial charge in [0, 0.05) is 9.13 Å². The van der Waals surface area contributed by atoms with Gasteiger partial charge in [-0.3, -0.25) is 9.69 Å². The van der Waals surface area contributed by atoms with Crippen LogP contribution in [0.1, 0.15) is 16.8 Å². The quantitative estimate of drug-likeness (QED) is 0.466. The maximum Gasteiger partial charge on any atom is 0.176 e. The van der Waals surface area contributed by atoms with Crippen molar-refractivity contribution in [1.29, 1.82) is 0 Å². The molecule has 4 heteroatoms. The van der Waals surface area contributed by atoms with Crippen LogP contribution in [-0.4, -0.2) is 44.4 Å². The zero-order valence-corrected chi connectivity index (χ0v) is 12.5. The predicted octanol–water partition coefficient (Wildman–Crippen LogP) is 2.02. The summed E-state index contributed by atoms with van der Waals surface area (Å²) in [5.74, 6) is 0.188. The standard InChI is InChI=1S/C13H19IN2O/c1-15-8-3-9-16(2)10-13(17)11-4-6-12(14)7-5-11/h4-7,15H,3,8-10H2,1-2H3. The first-order chi connectivity index (χ1) is 8.13. The monoisotopic (exact) mass is 346 g/mol. The zero-order chi connectivity index (χ0) is 12.7. The molecule has 0 spiro atoms. The summed E-state index contributed by atoms with van der Waals surface area (Å²) in [4.78, 5) is 14.0. The Balaban J connectivity index is 2.40. The average Bonchev–Trinajstić information content (AvgIpc) is 2.30. The van der Waals surface area contributed by atoms with E-state index >= 15 is 0 Å². The van der Waals surface area contributed by atoms with Crippen molar-refractivity contribution in [2.45, 2.75) is 6.42 Å². The van der Waals surface area contributed by atoms with Crippen molar-refractivity contribution < 1.29 is 4.79 Å². The summed E-state index contributed by atoms with van der Waals surface area (Å²) in [5.41, 5.74) is 0.797. The highest BCUT2D eigenvalue weighted by Gasteiger charge is 2.08. The number of hydrogen-bond donors (Lipinski definition) is 1. The van der Waals surface area contributed by atoms with E-state index in [2.05, 4.69) is 32.8 Å². The predicted molar refractivity (Wildman–Crippen MR) is 79.5 cm³/mol. The topological polar surface area (TPSA) is 32.3 Å². The van der Waals surface area contributed by atoms with Crippen LogP contribution in [0.25, 0.3) is 0 Å². The molecule has 0 aromatic heterocycles. The molecule has 1 aromatic rings. The SMILES string of the molecule is CNCCCN(C)CC(=O)c1ccc(I)cc1. The van der Waals surface area contributed by atoms with Crippen molar-refractivity contribution in [2.75, 3.05) is 33.7 Å². The number of likely N-dealkylation sites (N-methyl/N-ethyl adjacent to an activating group) is 1. The number of hydrogen-bond acceptors (Lipinski definition) is 3. The summed E-state index contributed by atoms with van der Waals surface area (Å²) in [5, 5.41) is 3.10. The summed E-state index contributed by atoms with van der Waals surface area (Å²) in [6.07, 6.45) is 1.06. The number of carbonyl (C=O) groups excluding carboxylic acids is 1. The highest BCUT2D eigenvalue weighted by atomic mass is 127. The molecule has 3 nitrogen and oxygen atoms in total. The van der Waals surface area contributed by atoms with E-state index in [4.69, 9.17) is 0 Å². The molecule has 0 radical (unpaired) electrons. The summed E-state index contributed by atoms with van der Waals surface area (Å²) >= 11 is 2.24. The summed E-state index contributed by atoms with van der Waals surface area (Å²) in [7, 11) is 3.93. The van der Waals surface area contributed by atoms with Crippen molar-refractivity contribution in [3.8, 4) is 0 Å². The van der Waals surface area contributed by atoms with Gasteiger partial charge in [-0.25, -0.2) is 0 Å². The molecule has 0 atom stereocenters. The number of benzene rings is 1. The van der Waals surface area contributed by atoms with Crippen LogP contribution in [0.15, 0.2) is 24.3 Å². The lowest BCUT2D eigenvalue weighted by molar-refractivity contribution is 0.0946. The van der Waals surface area contributed by atoms with Gasteiger partial charge in [0.25, 0.3) is 0 Å². The van der Waals surface area contributed by atoms with Gasteiger partial charge in [-0.1, -0.05) is 12.1 Å². The molecule has 0 aliphatic rings. The Labute approximate surface area is 117 Å². The summed E-state index contributed by atoms with van der Waals surface area (Å²) in [6.45, 7) is 2.42. The second-order valence-corrected chi connectivity index (χ2v) is 5.37. The Bertz CT molecular complexity index is 351. The van der Waals surface area contributed by atoms with Crippen LogP contribution >= 0.6 is 22.6 Å². The fourth-order valence-corrected chi connectivity index (χ4v) is 1.94. The Morgan fingerprint density at radius 3 is 2.59 bits per heavy atom. The molecule has 0 bridgehead atoms. The van der Waals surface area contributed by atoms with E-state index in [9.17, 15) is 4.79 Å². The Kier molecular flexibility index (Phi) is 6.69. The van der Waals surface area contributed by atoms with Gasteiger partial charge < -0.3 is 5.32 Å². The van der Waals surface area contributed by atoms with E-state index in [0.29, 0.717) is 6.54 Å². The van der Waals surface area contributed by atoms with Gasteiger partial charge in [-0.15, -0.1) is 0 Å². The lowest BCUT2D eigenvalue weighted by atomic mass is 10.1. The number of Topliss-reactive ketones (excluding diaryl/α,β-unsaturated/α-hetero) is 1. The molecule has 0 fully saturated rings. The molecule has 0 aliphatic heterocycles. The lowest BCUT2D eigenvalue weighted by Crippen LogP contribution is -2.28. The van der Waals surface area contributed by atoms with Crippen LogP contribution in [0.3, 0.4) is 0 Å². The maximum absolute atomic E-state index is 11.9. The molecule has 1 rings (SSSR count). The number of halogens is 1. The Morgan fingerprint density at radius 1 is 1.35 bits per heavy atom. The molecule has 1 aromatic carbocycles. The highest BCUT2D eigenvalue weighted by Crippen LogP contribution is 2.07. The van der Waals surface area contributed by atoms with Gasteiger partial charge >= 0.3 is 0 Å². The van der Waals surface area contributed by atoms with E-state index in [1.165, 1.54) is 0 Å². The molecular formula is C13H19IN2O. The molecule has 1 N–H and O–H groups in total. The third-order valence-electron chi connectivity index (χ3n) is 2.55. The molecular weight excluding hydrogens is 327 g/mol. The Morgan fingerprint density at radius 2 is 2.00 bits per heavy atom. The van der Waals surface area contributed by atoms with Crippen molar-refractivity contribution in [3.05, 3.63) is 33.4 Å². The average molecular weight is 346 g/mol. The minimum atomic E-state index is 0.188. The van der Waals surface area contributed by atoms with Crippen molar-refractivity contribution in [3.63, 3.8) is 0 Å². The fourth-order valence-electron chi connectivity index (χ4n) is 1.58. The van der Waals surface area contributed by atoms with E-state index < -0.39 is 0 Å². The van der Waals surface area contributed by atoms with Gasteiger partial charge in [0.1, 0.15) is 0 Å². The number of carbonyl (C=O) groups is 1. The maximum atomic E-state index is 11.9. The van der Waals surface area contributed by atoms with Crippen molar-refractivity contribution in [1.82, 2.24) is 10.2 Å².